The van der Waals surface area contributed by atoms with E-state index in [4.69, 9.17) is 0 Å². The number of pyridine rings is 1. The third-order valence-corrected chi connectivity index (χ3v) is 3.92. The first-order valence-electron chi connectivity index (χ1n) is 6.78. The highest BCUT2D eigenvalue weighted by Crippen LogP contribution is 2.39. The van der Waals surface area contributed by atoms with E-state index in [0.717, 1.165) is 19.0 Å². The van der Waals surface area contributed by atoms with E-state index in [9.17, 15) is 0 Å². The number of nitrogens with zero attached hydrogens (tertiary/aromatic N) is 2. The van der Waals surface area contributed by atoms with Crippen molar-refractivity contribution in [3.8, 4) is 0 Å². The Morgan fingerprint density at radius 3 is 2.58 bits per heavy atom. The fraction of sp³-hybridized carbons (Fsp3) is 0.643. The molecular formula is C14H23Cl2N3. The third kappa shape index (κ3) is 4.60. The summed E-state index contributed by atoms with van der Waals surface area (Å²) in [7, 11) is 0. The maximum Gasteiger partial charge on any atom is 0.0367 e. The molecule has 0 spiro atoms. The monoisotopic (exact) mass is 303 g/mol. The maximum atomic E-state index is 4.29. The summed E-state index contributed by atoms with van der Waals surface area (Å²) in [4.78, 5) is 6.92. The predicted octanol–water partition coefficient (Wildman–Crippen LogP) is 2.67. The van der Waals surface area contributed by atoms with Crippen LogP contribution in [0.2, 0.25) is 0 Å². The molecule has 1 atom stereocenters. The molecular weight excluding hydrogens is 281 g/mol. The van der Waals surface area contributed by atoms with Crippen LogP contribution in [0.25, 0.3) is 0 Å². The first-order valence-corrected chi connectivity index (χ1v) is 6.78. The van der Waals surface area contributed by atoms with E-state index in [1.807, 2.05) is 6.20 Å². The van der Waals surface area contributed by atoms with Gasteiger partial charge in [-0.2, -0.15) is 0 Å². The number of piperazine rings is 1. The Hall–Kier alpha value is -0.350. The molecule has 1 aromatic rings. The summed E-state index contributed by atoms with van der Waals surface area (Å²) in [6, 6.07) is 4.90. The molecule has 1 N–H and O–H groups in total. The van der Waals surface area contributed by atoms with Crippen LogP contribution in [0, 0.1) is 5.92 Å². The van der Waals surface area contributed by atoms with Crippen LogP contribution in [-0.2, 0) is 0 Å². The van der Waals surface area contributed by atoms with Gasteiger partial charge in [-0.05, 0) is 24.0 Å². The van der Waals surface area contributed by atoms with Crippen LogP contribution >= 0.6 is 24.8 Å². The highest BCUT2D eigenvalue weighted by Gasteiger charge is 2.30. The Morgan fingerprint density at radius 1 is 1.26 bits per heavy atom. The second-order valence-corrected chi connectivity index (χ2v) is 5.27. The van der Waals surface area contributed by atoms with Crippen molar-refractivity contribution < 1.29 is 0 Å². The van der Waals surface area contributed by atoms with Gasteiger partial charge >= 0.3 is 0 Å². The number of halogens is 2. The zero-order valence-electron chi connectivity index (χ0n) is 11.1. The lowest BCUT2D eigenvalue weighted by Gasteiger charge is -2.35. The summed E-state index contributed by atoms with van der Waals surface area (Å²) < 4.78 is 0. The fourth-order valence-electron chi connectivity index (χ4n) is 2.73. The van der Waals surface area contributed by atoms with Gasteiger partial charge in [0.25, 0.3) is 0 Å². The normalized spacial score (nSPS) is 21.1. The van der Waals surface area contributed by atoms with Gasteiger partial charge in [0, 0.05) is 44.6 Å². The molecule has 108 valence electrons. The van der Waals surface area contributed by atoms with Crippen molar-refractivity contribution in [2.45, 2.75) is 25.3 Å². The quantitative estimate of drug-likeness (QED) is 0.927. The molecule has 3 nitrogen and oxygen atoms in total. The van der Waals surface area contributed by atoms with Crippen LogP contribution < -0.4 is 5.32 Å². The van der Waals surface area contributed by atoms with E-state index >= 15 is 0 Å². The van der Waals surface area contributed by atoms with E-state index in [0.29, 0.717) is 6.04 Å². The molecule has 1 aliphatic carbocycles. The van der Waals surface area contributed by atoms with Crippen LogP contribution in [0.15, 0.2) is 24.5 Å². The Bertz CT molecular complexity index is 351. The highest BCUT2D eigenvalue weighted by molar-refractivity contribution is 5.85. The molecule has 1 saturated carbocycles. The molecule has 0 unspecified atom stereocenters. The Labute approximate surface area is 128 Å². The van der Waals surface area contributed by atoms with Crippen LogP contribution in [0.4, 0.5) is 0 Å². The molecule has 0 amide bonds. The number of hydrogen-bond acceptors (Lipinski definition) is 3. The number of nitrogens with one attached hydrogen (secondary N) is 1. The lowest BCUT2D eigenvalue weighted by atomic mass is 10.0. The molecule has 3 rings (SSSR count). The Kier molecular flexibility index (Phi) is 7.08. The minimum absolute atomic E-state index is 0. The van der Waals surface area contributed by atoms with Gasteiger partial charge in [-0.15, -0.1) is 24.8 Å². The standard InChI is InChI=1S/C14H21N3.2ClH/c1-2-13(11-16-5-1)14(10-12-3-4-12)17-8-6-15-7-9-17;;/h1-2,5,11-12,14-15H,3-4,6-10H2;2*1H/t14-;;/m0../s1. The average Bonchev–Trinajstić information content (AvgIpc) is 3.22. The van der Waals surface area contributed by atoms with Crippen molar-refractivity contribution >= 4 is 24.8 Å². The lowest BCUT2D eigenvalue weighted by molar-refractivity contribution is 0.160. The van der Waals surface area contributed by atoms with Gasteiger partial charge in [-0.1, -0.05) is 18.9 Å². The van der Waals surface area contributed by atoms with Gasteiger partial charge in [0.2, 0.25) is 0 Å². The zero-order valence-corrected chi connectivity index (χ0v) is 12.8. The van der Waals surface area contributed by atoms with Crippen molar-refractivity contribution in [3.63, 3.8) is 0 Å². The predicted molar refractivity (Wildman–Crippen MR) is 83.3 cm³/mol. The van der Waals surface area contributed by atoms with Crippen LogP contribution in [0.5, 0.6) is 0 Å². The lowest BCUT2D eigenvalue weighted by Crippen LogP contribution is -2.45. The summed E-state index contributed by atoms with van der Waals surface area (Å²) >= 11 is 0. The van der Waals surface area contributed by atoms with E-state index in [1.165, 1.54) is 37.9 Å². The molecule has 0 bridgehead atoms. The fourth-order valence-corrected chi connectivity index (χ4v) is 2.73. The average molecular weight is 304 g/mol. The second-order valence-electron chi connectivity index (χ2n) is 5.27. The van der Waals surface area contributed by atoms with Crippen molar-refractivity contribution in [2.24, 2.45) is 5.92 Å². The Balaban J connectivity index is 0.000000902. The van der Waals surface area contributed by atoms with Gasteiger partial charge in [0.15, 0.2) is 0 Å². The largest absolute Gasteiger partial charge is 0.314 e. The van der Waals surface area contributed by atoms with Gasteiger partial charge in [0.1, 0.15) is 0 Å². The topological polar surface area (TPSA) is 28.2 Å². The van der Waals surface area contributed by atoms with E-state index < -0.39 is 0 Å². The number of aromatic nitrogens is 1. The van der Waals surface area contributed by atoms with Crippen LogP contribution in [0.3, 0.4) is 0 Å². The highest BCUT2D eigenvalue weighted by atomic mass is 35.5. The van der Waals surface area contributed by atoms with Gasteiger partial charge in [0.05, 0.1) is 0 Å². The smallest absolute Gasteiger partial charge is 0.0367 e. The second kappa shape index (κ2) is 8.05. The van der Waals surface area contributed by atoms with Crippen molar-refractivity contribution in [3.05, 3.63) is 30.1 Å². The zero-order chi connectivity index (χ0) is 11.5. The molecule has 19 heavy (non-hydrogen) atoms. The minimum Gasteiger partial charge on any atom is -0.314 e. The van der Waals surface area contributed by atoms with E-state index in [-0.39, 0.29) is 24.8 Å². The molecule has 2 heterocycles. The first kappa shape index (κ1) is 16.7. The van der Waals surface area contributed by atoms with Crippen molar-refractivity contribution in [2.75, 3.05) is 26.2 Å². The maximum absolute atomic E-state index is 4.29. The molecule has 1 aliphatic heterocycles. The molecule has 0 radical (unpaired) electrons. The van der Waals surface area contributed by atoms with Gasteiger partial charge in [-0.3, -0.25) is 9.88 Å². The van der Waals surface area contributed by atoms with Gasteiger partial charge in [-0.25, -0.2) is 0 Å². The summed E-state index contributed by atoms with van der Waals surface area (Å²) in [6.07, 6.45) is 8.11. The summed E-state index contributed by atoms with van der Waals surface area (Å²) in [5.41, 5.74) is 1.40. The van der Waals surface area contributed by atoms with E-state index in [1.54, 1.807) is 0 Å². The van der Waals surface area contributed by atoms with Crippen LogP contribution in [0.1, 0.15) is 30.9 Å². The SMILES string of the molecule is Cl.Cl.c1cncc([C@H](CC2CC2)N2CCNCC2)c1. The van der Waals surface area contributed by atoms with Gasteiger partial charge < -0.3 is 5.32 Å². The van der Waals surface area contributed by atoms with Crippen molar-refractivity contribution in [1.82, 2.24) is 15.2 Å². The molecule has 2 aliphatic rings. The summed E-state index contributed by atoms with van der Waals surface area (Å²) in [6.45, 7) is 4.60. The molecule has 2 fully saturated rings. The third-order valence-electron chi connectivity index (χ3n) is 3.92. The molecule has 1 aromatic heterocycles. The molecule has 5 heteroatoms. The molecule has 1 saturated heterocycles. The van der Waals surface area contributed by atoms with Crippen LogP contribution in [-0.4, -0.2) is 36.1 Å². The number of hydrogen-bond donors (Lipinski definition) is 1. The molecule has 0 aromatic carbocycles. The summed E-state index contributed by atoms with van der Waals surface area (Å²) in [5, 5.41) is 3.43. The first-order chi connectivity index (χ1) is 8.43. The van der Waals surface area contributed by atoms with Crippen molar-refractivity contribution in [1.29, 1.82) is 0 Å². The Morgan fingerprint density at radius 2 is 2.00 bits per heavy atom. The number of rotatable bonds is 4. The van der Waals surface area contributed by atoms with E-state index in [2.05, 4.69) is 33.5 Å². The minimum atomic E-state index is 0. The summed E-state index contributed by atoms with van der Waals surface area (Å²) in [5.74, 6) is 0.968.